The normalized spacial score (nSPS) is 12.6. The number of nitrogen functional groups attached to an aromatic ring is 1. The van der Waals surface area contributed by atoms with Crippen LogP contribution < -0.4 is 15.2 Å². The van der Waals surface area contributed by atoms with Crippen molar-refractivity contribution in [2.45, 2.75) is 35.9 Å². The highest BCUT2D eigenvalue weighted by atomic mass is 79.9. The third-order valence-corrected chi connectivity index (χ3v) is 6.30. The van der Waals surface area contributed by atoms with Crippen molar-refractivity contribution in [3.63, 3.8) is 0 Å². The summed E-state index contributed by atoms with van der Waals surface area (Å²) < 4.78 is 14.1. The first-order valence-electron chi connectivity index (χ1n) is 8.66. The number of halogens is 1. The fourth-order valence-electron chi connectivity index (χ4n) is 2.98. The lowest BCUT2D eigenvalue weighted by molar-refractivity contribution is 0.174. The lowest BCUT2D eigenvalue weighted by atomic mass is 10.2. The summed E-state index contributed by atoms with van der Waals surface area (Å²) in [5.41, 5.74) is 7.79. The Hall–Kier alpha value is -2.19. The molecular weight excluding hydrogens is 428 g/mol. The molecule has 1 aliphatic heterocycles. The van der Waals surface area contributed by atoms with Crippen LogP contribution in [0.5, 0.6) is 11.5 Å². The van der Waals surface area contributed by atoms with Gasteiger partial charge in [0, 0.05) is 22.1 Å². The van der Waals surface area contributed by atoms with E-state index in [4.69, 9.17) is 20.2 Å². The smallest absolute Gasteiger partial charge is 0.231 e. The van der Waals surface area contributed by atoms with Gasteiger partial charge in [-0.15, -0.1) is 6.58 Å². The van der Waals surface area contributed by atoms with Crippen LogP contribution in [-0.4, -0.2) is 21.3 Å². The first kappa shape index (κ1) is 18.2. The van der Waals surface area contributed by atoms with Gasteiger partial charge in [0.25, 0.3) is 0 Å². The minimum absolute atomic E-state index is 0.250. The zero-order valence-corrected chi connectivity index (χ0v) is 17.1. The maximum Gasteiger partial charge on any atom is 0.231 e. The molecule has 0 fully saturated rings. The van der Waals surface area contributed by atoms with Crippen molar-refractivity contribution < 1.29 is 9.47 Å². The Morgan fingerprint density at radius 2 is 2.11 bits per heavy atom. The molecule has 4 rings (SSSR count). The summed E-state index contributed by atoms with van der Waals surface area (Å²) >= 11 is 5.19. The highest BCUT2D eigenvalue weighted by molar-refractivity contribution is 9.10. The van der Waals surface area contributed by atoms with Crippen LogP contribution >= 0.6 is 27.7 Å². The molecule has 0 amide bonds. The van der Waals surface area contributed by atoms with E-state index < -0.39 is 0 Å². The molecule has 1 aliphatic rings. The summed E-state index contributed by atoms with van der Waals surface area (Å²) in [6.07, 6.45) is 6.81. The van der Waals surface area contributed by atoms with Gasteiger partial charge in [-0.1, -0.05) is 17.8 Å². The molecule has 3 heterocycles. The monoisotopic (exact) mass is 446 g/mol. The number of aryl methyl sites for hydroxylation is 1. The number of rotatable bonds is 7. The van der Waals surface area contributed by atoms with Crippen molar-refractivity contribution in [2.24, 2.45) is 0 Å². The fourth-order valence-corrected chi connectivity index (χ4v) is 4.50. The van der Waals surface area contributed by atoms with Gasteiger partial charge in [0.1, 0.15) is 5.52 Å². The van der Waals surface area contributed by atoms with E-state index in [1.54, 1.807) is 18.0 Å². The van der Waals surface area contributed by atoms with Crippen LogP contribution in [0.4, 0.5) is 5.82 Å². The van der Waals surface area contributed by atoms with E-state index in [0.717, 1.165) is 62.9 Å². The van der Waals surface area contributed by atoms with E-state index in [0.29, 0.717) is 5.82 Å². The molecule has 27 heavy (non-hydrogen) atoms. The van der Waals surface area contributed by atoms with Crippen molar-refractivity contribution in [1.29, 1.82) is 0 Å². The second kappa shape index (κ2) is 7.82. The van der Waals surface area contributed by atoms with Crippen LogP contribution in [0.1, 0.15) is 19.3 Å². The maximum atomic E-state index is 6.06. The van der Waals surface area contributed by atoms with Crippen molar-refractivity contribution in [1.82, 2.24) is 14.5 Å². The van der Waals surface area contributed by atoms with E-state index in [2.05, 4.69) is 32.1 Å². The third kappa shape index (κ3) is 3.64. The Morgan fingerprint density at radius 3 is 2.93 bits per heavy atom. The molecule has 3 aromatic rings. The molecule has 8 heteroatoms. The molecular formula is C19H19BrN4O2S. The second-order valence-electron chi connectivity index (χ2n) is 6.13. The number of allylic oxidation sites excluding steroid dienone is 1. The molecule has 0 radical (unpaired) electrons. The average Bonchev–Trinajstić information content (AvgIpc) is 3.24. The fraction of sp³-hybridized carbons (Fsp3) is 0.263. The van der Waals surface area contributed by atoms with Gasteiger partial charge in [-0.25, -0.2) is 9.97 Å². The Labute approximate surface area is 169 Å². The molecule has 0 unspecified atom stereocenters. The topological polar surface area (TPSA) is 75.2 Å². The second-order valence-corrected chi connectivity index (χ2v) is 8.00. The minimum Gasteiger partial charge on any atom is -0.454 e. The van der Waals surface area contributed by atoms with Crippen LogP contribution in [0.15, 0.2) is 51.6 Å². The van der Waals surface area contributed by atoms with Gasteiger partial charge in [0.15, 0.2) is 22.5 Å². The number of fused-ring (bicyclic) bond motifs is 2. The first-order chi connectivity index (χ1) is 13.2. The zero-order chi connectivity index (χ0) is 18.8. The molecule has 0 saturated carbocycles. The Balaban J connectivity index is 1.70. The van der Waals surface area contributed by atoms with Crippen LogP contribution in [-0.2, 0) is 6.54 Å². The summed E-state index contributed by atoms with van der Waals surface area (Å²) in [6.45, 7) is 4.90. The van der Waals surface area contributed by atoms with E-state index in [9.17, 15) is 0 Å². The number of aromatic nitrogens is 3. The minimum atomic E-state index is 0.250. The quantitative estimate of drug-likeness (QED) is 0.405. The lowest BCUT2D eigenvalue weighted by Gasteiger charge is -2.10. The van der Waals surface area contributed by atoms with Crippen molar-refractivity contribution >= 4 is 44.5 Å². The molecule has 140 valence electrons. The van der Waals surface area contributed by atoms with E-state index in [-0.39, 0.29) is 6.79 Å². The number of benzene rings is 1. The molecule has 0 atom stereocenters. The summed E-state index contributed by atoms with van der Waals surface area (Å²) in [6, 6.07) is 5.86. The van der Waals surface area contributed by atoms with E-state index in [1.807, 2.05) is 24.3 Å². The molecule has 0 saturated heterocycles. The van der Waals surface area contributed by atoms with Gasteiger partial charge < -0.3 is 19.8 Å². The van der Waals surface area contributed by atoms with Gasteiger partial charge in [-0.05, 0) is 53.4 Å². The molecule has 0 spiro atoms. The summed E-state index contributed by atoms with van der Waals surface area (Å²) in [5.74, 6) is 1.94. The highest BCUT2D eigenvalue weighted by Crippen LogP contribution is 2.43. The molecule has 2 N–H and O–H groups in total. The van der Waals surface area contributed by atoms with Gasteiger partial charge >= 0.3 is 0 Å². The van der Waals surface area contributed by atoms with Gasteiger partial charge in [0.2, 0.25) is 6.79 Å². The lowest BCUT2D eigenvalue weighted by Crippen LogP contribution is -2.00. The molecule has 2 aromatic heterocycles. The van der Waals surface area contributed by atoms with Crippen molar-refractivity contribution in [2.75, 3.05) is 12.5 Å². The zero-order valence-electron chi connectivity index (χ0n) is 14.7. The third-order valence-electron chi connectivity index (χ3n) is 4.33. The number of unbranched alkanes of at least 4 members (excludes halogenated alkanes) is 2. The Morgan fingerprint density at radius 1 is 1.30 bits per heavy atom. The molecule has 6 nitrogen and oxygen atoms in total. The van der Waals surface area contributed by atoms with Crippen LogP contribution in [0, 0.1) is 0 Å². The number of imidazole rings is 1. The van der Waals surface area contributed by atoms with E-state index in [1.165, 1.54) is 0 Å². The molecule has 1 aromatic carbocycles. The molecule has 0 aliphatic carbocycles. The summed E-state index contributed by atoms with van der Waals surface area (Å²) in [5, 5.41) is 0.878. The number of pyridine rings is 1. The number of hydrogen-bond acceptors (Lipinski definition) is 6. The number of nitrogens with zero attached hydrogens (tertiary/aromatic N) is 3. The predicted octanol–water partition coefficient (Wildman–Crippen LogP) is 5.01. The van der Waals surface area contributed by atoms with Crippen molar-refractivity contribution in [3.05, 3.63) is 41.5 Å². The Bertz CT molecular complexity index is 1010. The first-order valence-corrected chi connectivity index (χ1v) is 10.3. The van der Waals surface area contributed by atoms with Gasteiger partial charge in [-0.2, -0.15) is 0 Å². The van der Waals surface area contributed by atoms with E-state index >= 15 is 0 Å². The number of anilines is 1. The van der Waals surface area contributed by atoms with Crippen LogP contribution in [0.25, 0.3) is 11.0 Å². The number of nitrogens with two attached hydrogens (primary N) is 1. The highest BCUT2D eigenvalue weighted by Gasteiger charge is 2.20. The van der Waals surface area contributed by atoms with Crippen LogP contribution in [0.2, 0.25) is 0 Å². The molecule has 0 bridgehead atoms. The largest absolute Gasteiger partial charge is 0.454 e. The number of ether oxygens (including phenoxy) is 2. The summed E-state index contributed by atoms with van der Waals surface area (Å²) in [7, 11) is 0. The average molecular weight is 447 g/mol. The predicted molar refractivity (Wildman–Crippen MR) is 110 cm³/mol. The Kier molecular flexibility index (Phi) is 5.27. The van der Waals surface area contributed by atoms with Gasteiger partial charge in [-0.3, -0.25) is 0 Å². The standard InChI is InChI=1S/C19H19BrN4O2S/c1-2-3-4-5-8-24-13-6-7-22-18(21)17(13)23-19(24)27-16-10-15-14(9-12(16)20)25-11-26-15/h2,6-7,9-10H,1,3-5,8,11H2,(H2,21,22). The van der Waals surface area contributed by atoms with Gasteiger partial charge in [0.05, 0.1) is 5.52 Å². The maximum absolute atomic E-state index is 6.06. The van der Waals surface area contributed by atoms with Crippen LogP contribution in [0.3, 0.4) is 0 Å². The summed E-state index contributed by atoms with van der Waals surface area (Å²) in [4.78, 5) is 9.95. The number of hydrogen-bond donors (Lipinski definition) is 1. The van der Waals surface area contributed by atoms with Crippen molar-refractivity contribution in [3.8, 4) is 11.5 Å². The SMILES string of the molecule is C=CCCCCn1c(Sc2cc3c(cc2Br)OCO3)nc2c(N)nccc21.